The predicted molar refractivity (Wildman–Crippen MR) is 78.2 cm³/mol. The van der Waals surface area contributed by atoms with Crippen LogP contribution >= 0.6 is 0 Å². The maximum Gasteiger partial charge on any atom is 0.336 e. The van der Waals surface area contributed by atoms with Gasteiger partial charge in [0, 0.05) is 24.1 Å². The lowest BCUT2D eigenvalue weighted by Crippen LogP contribution is -2.18. The molecule has 0 fully saturated rings. The van der Waals surface area contributed by atoms with E-state index < -0.39 is 44.7 Å². The molecule has 0 aromatic heterocycles. The number of benzene rings is 1. The number of nitrogens with zero attached hydrogens (tertiary/aromatic N) is 2. The van der Waals surface area contributed by atoms with E-state index in [9.17, 15) is 40.0 Å². The highest BCUT2D eigenvalue weighted by Gasteiger charge is 2.32. The van der Waals surface area contributed by atoms with Crippen LogP contribution in [0.25, 0.3) is 0 Å². The normalized spacial score (nSPS) is 16.8. The summed E-state index contributed by atoms with van der Waals surface area (Å²) in [6, 6.07) is 3.06. The predicted octanol–water partition coefficient (Wildman–Crippen LogP) is 1.95. The Morgan fingerprint density at radius 2 is 1.75 bits per heavy atom. The van der Waals surface area contributed by atoms with Crippen molar-refractivity contribution < 1.29 is 29.6 Å². The fourth-order valence-corrected chi connectivity index (χ4v) is 2.46. The molecule has 10 nitrogen and oxygen atoms in total. The molecule has 0 spiro atoms. The van der Waals surface area contributed by atoms with Gasteiger partial charge in [-0.3, -0.25) is 20.2 Å². The van der Waals surface area contributed by atoms with Gasteiger partial charge in [-0.25, -0.2) is 9.59 Å². The summed E-state index contributed by atoms with van der Waals surface area (Å²) in [6.07, 6.45) is 1.94. The number of nitro groups is 2. The van der Waals surface area contributed by atoms with Crippen LogP contribution < -0.4 is 0 Å². The monoisotopic (exact) mass is 334 g/mol. The van der Waals surface area contributed by atoms with E-state index in [1.54, 1.807) is 0 Å². The van der Waals surface area contributed by atoms with Gasteiger partial charge in [0.1, 0.15) is 0 Å². The molecular weight excluding hydrogens is 324 g/mol. The third kappa shape index (κ3) is 3.11. The van der Waals surface area contributed by atoms with Crippen LogP contribution in [0.15, 0.2) is 41.6 Å². The van der Waals surface area contributed by atoms with Crippen LogP contribution in [-0.4, -0.2) is 32.0 Å². The van der Waals surface area contributed by atoms with Gasteiger partial charge in [-0.1, -0.05) is 6.07 Å². The molecule has 1 aromatic carbocycles. The van der Waals surface area contributed by atoms with Crippen molar-refractivity contribution >= 4 is 17.6 Å². The third-order valence-electron chi connectivity index (χ3n) is 3.55. The van der Waals surface area contributed by atoms with Gasteiger partial charge in [-0.2, -0.15) is 0 Å². The van der Waals surface area contributed by atoms with Crippen molar-refractivity contribution in [2.75, 3.05) is 0 Å². The summed E-state index contributed by atoms with van der Waals surface area (Å²) in [4.78, 5) is 42.8. The maximum atomic E-state index is 11.4. The Kier molecular flexibility index (Phi) is 4.40. The number of carboxylic acid groups (broad SMARTS) is 2. The molecule has 1 atom stereocenters. The molecule has 0 bridgehead atoms. The highest BCUT2D eigenvalue weighted by Crippen LogP contribution is 2.36. The Bertz CT molecular complexity index is 824. The molecule has 2 rings (SSSR count). The number of nitro benzene ring substituents is 1. The van der Waals surface area contributed by atoms with Crippen LogP contribution in [0.4, 0.5) is 5.69 Å². The number of carbonyl (C=O) groups is 2. The van der Waals surface area contributed by atoms with E-state index in [0.29, 0.717) is 0 Å². The molecule has 0 saturated carbocycles. The maximum absolute atomic E-state index is 11.4. The van der Waals surface area contributed by atoms with Crippen molar-refractivity contribution in [1.29, 1.82) is 0 Å². The summed E-state index contributed by atoms with van der Waals surface area (Å²) < 4.78 is 0. The SMILES string of the molecule is O=C(O)C1=CC([N+](=O)[O-])=CCC1c1ccc([N+](=O)[O-])cc1C(=O)O. The molecule has 124 valence electrons. The molecule has 0 heterocycles. The highest BCUT2D eigenvalue weighted by atomic mass is 16.6. The van der Waals surface area contributed by atoms with Gasteiger partial charge < -0.3 is 10.2 Å². The molecule has 24 heavy (non-hydrogen) atoms. The van der Waals surface area contributed by atoms with Gasteiger partial charge in [0.05, 0.1) is 21.0 Å². The van der Waals surface area contributed by atoms with Crippen molar-refractivity contribution in [3.8, 4) is 0 Å². The Morgan fingerprint density at radius 1 is 1.08 bits per heavy atom. The summed E-state index contributed by atoms with van der Waals surface area (Å²) in [5.74, 6) is -3.84. The third-order valence-corrected chi connectivity index (χ3v) is 3.55. The van der Waals surface area contributed by atoms with E-state index in [4.69, 9.17) is 0 Å². The zero-order chi connectivity index (χ0) is 18.0. The van der Waals surface area contributed by atoms with Crippen LogP contribution in [0.3, 0.4) is 0 Å². The molecule has 1 unspecified atom stereocenters. The van der Waals surface area contributed by atoms with E-state index >= 15 is 0 Å². The van der Waals surface area contributed by atoms with Crippen molar-refractivity contribution in [3.63, 3.8) is 0 Å². The van der Waals surface area contributed by atoms with Crippen LogP contribution in [0, 0.1) is 20.2 Å². The first kappa shape index (κ1) is 16.8. The minimum atomic E-state index is -1.46. The first-order chi connectivity index (χ1) is 11.2. The van der Waals surface area contributed by atoms with E-state index in [0.717, 1.165) is 24.3 Å². The molecule has 0 saturated heterocycles. The van der Waals surface area contributed by atoms with Crippen molar-refractivity contribution in [2.45, 2.75) is 12.3 Å². The molecule has 1 aliphatic rings. The quantitative estimate of drug-likeness (QED) is 0.610. The molecule has 0 amide bonds. The zero-order valence-corrected chi connectivity index (χ0v) is 11.9. The lowest BCUT2D eigenvalue weighted by molar-refractivity contribution is -0.419. The second kappa shape index (κ2) is 6.28. The molecule has 1 aromatic rings. The van der Waals surface area contributed by atoms with Gasteiger partial charge in [-0.05, 0) is 18.1 Å². The summed E-state index contributed by atoms with van der Waals surface area (Å²) in [5.41, 5.74) is -1.57. The molecule has 0 radical (unpaired) electrons. The first-order valence-corrected chi connectivity index (χ1v) is 6.53. The molecule has 0 aliphatic heterocycles. The van der Waals surface area contributed by atoms with E-state index in [2.05, 4.69) is 0 Å². The summed E-state index contributed by atoms with van der Waals surface area (Å²) in [6.45, 7) is 0. The van der Waals surface area contributed by atoms with Gasteiger partial charge in [0.2, 0.25) is 0 Å². The largest absolute Gasteiger partial charge is 0.478 e. The minimum Gasteiger partial charge on any atom is -0.478 e. The van der Waals surface area contributed by atoms with Gasteiger partial charge in [0.15, 0.2) is 0 Å². The number of aromatic carboxylic acids is 1. The number of rotatable bonds is 5. The Morgan fingerprint density at radius 3 is 2.25 bits per heavy atom. The summed E-state index contributed by atoms with van der Waals surface area (Å²) >= 11 is 0. The number of allylic oxidation sites excluding steroid dienone is 2. The van der Waals surface area contributed by atoms with E-state index in [1.165, 1.54) is 6.08 Å². The van der Waals surface area contributed by atoms with Crippen LogP contribution in [0.2, 0.25) is 0 Å². The van der Waals surface area contributed by atoms with Crippen molar-refractivity contribution in [1.82, 2.24) is 0 Å². The molecule has 2 N–H and O–H groups in total. The van der Waals surface area contributed by atoms with Crippen LogP contribution in [0.5, 0.6) is 0 Å². The van der Waals surface area contributed by atoms with Crippen LogP contribution in [0.1, 0.15) is 28.3 Å². The standard InChI is InChI=1S/C14H10N2O8/c17-13(18)11-5-7(15(21)22)1-3-9(11)10-4-2-8(16(23)24)6-12(10)14(19)20/h1-3,5-6,10H,4H2,(H,17,18)(H,19,20). The lowest BCUT2D eigenvalue weighted by Gasteiger charge is -2.20. The van der Waals surface area contributed by atoms with E-state index in [-0.39, 0.29) is 17.6 Å². The molecular formula is C14H10N2O8. The highest BCUT2D eigenvalue weighted by molar-refractivity contribution is 5.94. The molecule has 1 aliphatic carbocycles. The second-order valence-electron chi connectivity index (χ2n) is 4.91. The average Bonchev–Trinajstić information content (AvgIpc) is 2.53. The Labute approximate surface area is 133 Å². The molecule has 10 heteroatoms. The van der Waals surface area contributed by atoms with Gasteiger partial charge in [-0.15, -0.1) is 0 Å². The summed E-state index contributed by atoms with van der Waals surface area (Å²) in [7, 11) is 0. The number of carboxylic acids is 2. The van der Waals surface area contributed by atoms with Gasteiger partial charge >= 0.3 is 11.9 Å². The fourth-order valence-electron chi connectivity index (χ4n) is 2.46. The van der Waals surface area contributed by atoms with E-state index in [1.807, 2.05) is 0 Å². The second-order valence-corrected chi connectivity index (χ2v) is 4.91. The van der Waals surface area contributed by atoms with Crippen molar-refractivity contribution in [2.24, 2.45) is 0 Å². The Hall–Kier alpha value is -3.56. The van der Waals surface area contributed by atoms with Crippen molar-refractivity contribution in [3.05, 3.63) is 73.0 Å². The number of aliphatic carboxylic acids is 1. The average molecular weight is 334 g/mol. The number of hydrogen-bond donors (Lipinski definition) is 2. The smallest absolute Gasteiger partial charge is 0.336 e. The van der Waals surface area contributed by atoms with Crippen LogP contribution in [-0.2, 0) is 4.79 Å². The number of hydrogen-bond acceptors (Lipinski definition) is 6. The fraction of sp³-hybridized carbons (Fsp3) is 0.143. The zero-order valence-electron chi connectivity index (χ0n) is 11.9. The lowest BCUT2D eigenvalue weighted by atomic mass is 9.82. The first-order valence-electron chi connectivity index (χ1n) is 6.53. The minimum absolute atomic E-state index is 0.0420. The Balaban J connectivity index is 2.57. The topological polar surface area (TPSA) is 161 Å². The van der Waals surface area contributed by atoms with Gasteiger partial charge in [0.25, 0.3) is 11.4 Å². The summed E-state index contributed by atoms with van der Waals surface area (Å²) in [5, 5.41) is 40.1. The number of non-ortho nitro benzene ring substituents is 1.